The molecule has 3 heterocycles. The lowest BCUT2D eigenvalue weighted by Gasteiger charge is -2.46. The molecule has 4 rings (SSSR count). The Hall–Kier alpha value is -2.21. The van der Waals surface area contributed by atoms with Crippen molar-refractivity contribution in [1.82, 2.24) is 14.9 Å². The van der Waals surface area contributed by atoms with Crippen molar-refractivity contribution >= 4 is 5.95 Å². The van der Waals surface area contributed by atoms with Gasteiger partial charge < -0.3 is 15.0 Å². The van der Waals surface area contributed by atoms with E-state index in [1.54, 1.807) is 0 Å². The summed E-state index contributed by atoms with van der Waals surface area (Å²) in [4.78, 5) is 10.6. The van der Waals surface area contributed by atoms with Gasteiger partial charge in [-0.25, -0.2) is 14.4 Å². The van der Waals surface area contributed by atoms with Gasteiger partial charge in [-0.15, -0.1) is 0 Å². The van der Waals surface area contributed by atoms with E-state index in [1.807, 2.05) is 18.2 Å². The molecule has 1 aromatic heterocycles. The van der Waals surface area contributed by atoms with Crippen molar-refractivity contribution in [2.45, 2.75) is 37.8 Å². The van der Waals surface area contributed by atoms with Crippen LogP contribution in [-0.2, 0) is 0 Å². The van der Waals surface area contributed by atoms with Crippen LogP contribution in [0, 0.1) is 5.82 Å². The van der Waals surface area contributed by atoms with E-state index in [4.69, 9.17) is 4.74 Å². The summed E-state index contributed by atoms with van der Waals surface area (Å²) in [5.74, 6) is 0.948. The SMILES string of the molecule is CCN1CCC2(CC1)CC(Nc1ncc(F)cn1)c1ccccc1O2. The number of hydrogen-bond acceptors (Lipinski definition) is 5. The second-order valence-corrected chi connectivity index (χ2v) is 6.88. The van der Waals surface area contributed by atoms with Crippen molar-refractivity contribution in [3.8, 4) is 5.75 Å². The fourth-order valence-corrected chi connectivity index (χ4v) is 3.87. The molecule has 1 fully saturated rings. The van der Waals surface area contributed by atoms with E-state index in [2.05, 4.69) is 33.2 Å². The maximum absolute atomic E-state index is 13.1. The number of nitrogens with zero attached hydrogens (tertiary/aromatic N) is 3. The highest BCUT2D eigenvalue weighted by Crippen LogP contribution is 2.45. The molecule has 1 aromatic carbocycles. The van der Waals surface area contributed by atoms with E-state index < -0.39 is 5.82 Å². The zero-order valence-electron chi connectivity index (χ0n) is 14.4. The summed E-state index contributed by atoms with van der Waals surface area (Å²) in [6, 6.07) is 8.18. The number of aromatic nitrogens is 2. The molecular weight excluding hydrogens is 319 g/mol. The van der Waals surface area contributed by atoms with E-state index in [0.717, 1.165) is 50.2 Å². The topological polar surface area (TPSA) is 50.3 Å². The zero-order valence-corrected chi connectivity index (χ0v) is 14.4. The number of rotatable bonds is 3. The van der Waals surface area contributed by atoms with Gasteiger partial charge in [0.25, 0.3) is 0 Å². The summed E-state index contributed by atoms with van der Waals surface area (Å²) in [7, 11) is 0. The van der Waals surface area contributed by atoms with Crippen molar-refractivity contribution in [1.29, 1.82) is 0 Å². The van der Waals surface area contributed by atoms with Crippen LogP contribution in [-0.4, -0.2) is 40.1 Å². The molecule has 0 saturated carbocycles. The molecule has 2 aromatic rings. The normalized spacial score (nSPS) is 22.2. The third-order valence-corrected chi connectivity index (χ3v) is 5.34. The summed E-state index contributed by atoms with van der Waals surface area (Å²) in [5, 5.41) is 3.38. The molecule has 25 heavy (non-hydrogen) atoms. The van der Waals surface area contributed by atoms with Gasteiger partial charge in [0.1, 0.15) is 11.4 Å². The van der Waals surface area contributed by atoms with Gasteiger partial charge in [0, 0.05) is 25.1 Å². The van der Waals surface area contributed by atoms with Crippen LogP contribution < -0.4 is 10.1 Å². The number of ether oxygens (including phenoxy) is 1. The Morgan fingerprint density at radius 2 is 1.96 bits per heavy atom. The lowest BCUT2D eigenvalue weighted by Crippen LogP contribution is -2.51. The molecular formula is C19H23FN4O. The van der Waals surface area contributed by atoms with E-state index in [0.29, 0.717) is 5.95 Å². The molecule has 0 amide bonds. The average molecular weight is 342 g/mol. The maximum atomic E-state index is 13.1. The quantitative estimate of drug-likeness (QED) is 0.926. The number of hydrogen-bond donors (Lipinski definition) is 1. The van der Waals surface area contributed by atoms with Crippen LogP contribution >= 0.6 is 0 Å². The number of halogens is 1. The standard InChI is InChI=1S/C19H23FN4O/c1-2-24-9-7-19(8-10-24)11-16(15-5-3-4-6-17(15)25-19)23-18-21-12-14(20)13-22-18/h3-6,12-13,16H,2,7-11H2,1H3,(H,21,22,23). The van der Waals surface area contributed by atoms with Gasteiger partial charge in [0.05, 0.1) is 18.4 Å². The van der Waals surface area contributed by atoms with Gasteiger partial charge in [-0.3, -0.25) is 0 Å². The predicted octanol–water partition coefficient (Wildman–Crippen LogP) is 3.41. The third-order valence-electron chi connectivity index (χ3n) is 5.34. The number of nitrogens with one attached hydrogen (secondary N) is 1. The average Bonchev–Trinajstić information content (AvgIpc) is 2.64. The zero-order chi connectivity index (χ0) is 17.3. The molecule has 5 nitrogen and oxygen atoms in total. The van der Waals surface area contributed by atoms with E-state index >= 15 is 0 Å². The minimum atomic E-state index is -0.429. The first-order valence-corrected chi connectivity index (χ1v) is 8.92. The van der Waals surface area contributed by atoms with E-state index in [9.17, 15) is 4.39 Å². The highest BCUT2D eigenvalue weighted by atomic mass is 19.1. The maximum Gasteiger partial charge on any atom is 0.223 e. The fourth-order valence-electron chi connectivity index (χ4n) is 3.87. The van der Waals surface area contributed by atoms with Crippen LogP contribution in [0.3, 0.4) is 0 Å². The van der Waals surface area contributed by atoms with Gasteiger partial charge in [-0.05, 0) is 25.5 Å². The third kappa shape index (κ3) is 3.31. The molecule has 2 aliphatic rings. The fraction of sp³-hybridized carbons (Fsp3) is 0.474. The molecule has 6 heteroatoms. The van der Waals surface area contributed by atoms with Crippen LogP contribution in [0.4, 0.5) is 10.3 Å². The molecule has 0 aliphatic carbocycles. The Morgan fingerprint density at radius 3 is 2.68 bits per heavy atom. The van der Waals surface area contributed by atoms with Crippen LogP contribution in [0.1, 0.15) is 37.8 Å². The van der Waals surface area contributed by atoms with Crippen LogP contribution in [0.5, 0.6) is 5.75 Å². The smallest absolute Gasteiger partial charge is 0.223 e. The number of anilines is 1. The van der Waals surface area contributed by atoms with Crippen LogP contribution in [0.15, 0.2) is 36.7 Å². The summed E-state index contributed by atoms with van der Waals surface area (Å²) >= 11 is 0. The van der Waals surface area contributed by atoms with E-state index in [1.165, 1.54) is 12.4 Å². The summed E-state index contributed by atoms with van der Waals surface area (Å²) in [5.41, 5.74) is 0.955. The molecule has 1 unspecified atom stereocenters. The van der Waals surface area contributed by atoms with Gasteiger partial charge in [-0.2, -0.15) is 0 Å². The Morgan fingerprint density at radius 1 is 1.24 bits per heavy atom. The van der Waals surface area contributed by atoms with E-state index in [-0.39, 0.29) is 11.6 Å². The molecule has 1 saturated heterocycles. The Labute approximate surface area is 147 Å². The van der Waals surface area contributed by atoms with Crippen molar-refractivity contribution in [2.24, 2.45) is 0 Å². The van der Waals surface area contributed by atoms with Gasteiger partial charge >= 0.3 is 0 Å². The van der Waals surface area contributed by atoms with Crippen molar-refractivity contribution < 1.29 is 9.13 Å². The number of fused-ring (bicyclic) bond motifs is 1. The highest BCUT2D eigenvalue weighted by molar-refractivity contribution is 5.43. The Balaban J connectivity index is 1.60. The number of benzene rings is 1. The summed E-state index contributed by atoms with van der Waals surface area (Å²) in [6.07, 6.45) is 5.27. The van der Waals surface area contributed by atoms with Crippen molar-refractivity contribution in [3.63, 3.8) is 0 Å². The lowest BCUT2D eigenvalue weighted by molar-refractivity contribution is -0.0187. The minimum absolute atomic E-state index is 0.0589. The molecule has 0 radical (unpaired) electrons. The minimum Gasteiger partial charge on any atom is -0.487 e. The van der Waals surface area contributed by atoms with Gasteiger partial charge in [0.2, 0.25) is 5.95 Å². The molecule has 132 valence electrons. The van der Waals surface area contributed by atoms with Crippen molar-refractivity contribution in [2.75, 3.05) is 25.0 Å². The highest BCUT2D eigenvalue weighted by Gasteiger charge is 2.43. The van der Waals surface area contributed by atoms with Crippen LogP contribution in [0.2, 0.25) is 0 Å². The Bertz CT molecular complexity index is 728. The summed E-state index contributed by atoms with van der Waals surface area (Å²) < 4.78 is 19.6. The summed E-state index contributed by atoms with van der Waals surface area (Å²) in [6.45, 7) is 5.39. The predicted molar refractivity (Wildman–Crippen MR) is 94.1 cm³/mol. The van der Waals surface area contributed by atoms with Gasteiger partial charge in [0.15, 0.2) is 5.82 Å². The van der Waals surface area contributed by atoms with Crippen molar-refractivity contribution in [3.05, 3.63) is 48.0 Å². The van der Waals surface area contributed by atoms with Crippen LogP contribution in [0.25, 0.3) is 0 Å². The molecule has 1 atom stereocenters. The molecule has 0 bridgehead atoms. The van der Waals surface area contributed by atoms with Gasteiger partial charge in [-0.1, -0.05) is 25.1 Å². The number of para-hydroxylation sites is 1. The number of piperidine rings is 1. The first kappa shape index (κ1) is 16.3. The monoisotopic (exact) mass is 342 g/mol. The largest absolute Gasteiger partial charge is 0.487 e. The number of likely N-dealkylation sites (tertiary alicyclic amines) is 1. The first-order valence-electron chi connectivity index (χ1n) is 8.92. The first-order chi connectivity index (χ1) is 12.2. The molecule has 1 spiro atoms. The Kier molecular flexibility index (Phi) is 4.29. The second kappa shape index (κ2) is 6.59. The second-order valence-electron chi connectivity index (χ2n) is 6.88. The molecule has 1 N–H and O–H groups in total. The molecule has 2 aliphatic heterocycles. The lowest BCUT2D eigenvalue weighted by atomic mass is 9.80.